The molecule has 4 aromatic carbocycles. The first-order valence-electron chi connectivity index (χ1n) is 13.8. The second-order valence-electron chi connectivity index (χ2n) is 9.83. The van der Waals surface area contributed by atoms with Gasteiger partial charge in [-0.05, 0) is 47.5 Å². The number of ether oxygens (including phenoxy) is 2. The Morgan fingerprint density at radius 3 is 1.98 bits per heavy atom. The molecule has 0 saturated heterocycles. The molecule has 1 N–H and O–H groups in total. The highest BCUT2D eigenvalue weighted by Gasteiger charge is 2.34. The topological polar surface area (TPSA) is 105 Å². The first-order chi connectivity index (χ1) is 21.2. The Balaban J connectivity index is 1.79. The van der Waals surface area contributed by atoms with Crippen LogP contribution in [0, 0.1) is 0 Å². The van der Waals surface area contributed by atoms with E-state index < -0.39 is 28.5 Å². The summed E-state index contributed by atoms with van der Waals surface area (Å²) in [4.78, 5) is 29.0. The average molecular weight is 636 g/mol. The Labute approximate surface area is 263 Å². The van der Waals surface area contributed by atoms with E-state index in [0.717, 1.165) is 15.4 Å². The molecule has 4 aromatic rings. The monoisotopic (exact) mass is 635 g/mol. The first-order valence-corrected chi connectivity index (χ1v) is 15.6. The molecule has 0 unspecified atom stereocenters. The summed E-state index contributed by atoms with van der Waals surface area (Å²) in [6, 6.07) is 28.0. The minimum Gasteiger partial charge on any atom is -0.493 e. The zero-order valence-electron chi connectivity index (χ0n) is 24.6. The van der Waals surface area contributed by atoms with E-state index in [1.807, 2.05) is 60.7 Å². The second kappa shape index (κ2) is 14.8. The molecule has 11 heteroatoms. The summed E-state index contributed by atoms with van der Waals surface area (Å²) in [6.07, 6.45) is 0.225. The number of likely N-dealkylation sites (N-methyl/N-ethyl adjacent to an activating group) is 1. The van der Waals surface area contributed by atoms with Gasteiger partial charge in [0.1, 0.15) is 12.6 Å². The van der Waals surface area contributed by atoms with Crippen molar-refractivity contribution >= 4 is 39.1 Å². The highest BCUT2D eigenvalue weighted by Crippen LogP contribution is 2.33. The van der Waals surface area contributed by atoms with Crippen molar-refractivity contribution in [3.63, 3.8) is 0 Å². The highest BCUT2D eigenvalue weighted by molar-refractivity contribution is 7.92. The van der Waals surface area contributed by atoms with Crippen molar-refractivity contribution < 1.29 is 27.5 Å². The average Bonchev–Trinajstić information content (AvgIpc) is 3.05. The van der Waals surface area contributed by atoms with Gasteiger partial charge < -0.3 is 19.7 Å². The number of nitrogens with one attached hydrogen (secondary N) is 1. The lowest BCUT2D eigenvalue weighted by Crippen LogP contribution is -2.53. The number of nitrogens with zero attached hydrogens (tertiary/aromatic N) is 2. The number of carbonyl (C=O) groups is 2. The highest BCUT2D eigenvalue weighted by atomic mass is 35.5. The molecule has 0 saturated carbocycles. The number of rotatable bonds is 13. The largest absolute Gasteiger partial charge is 0.493 e. The van der Waals surface area contributed by atoms with Crippen LogP contribution in [0.4, 0.5) is 5.69 Å². The third-order valence-electron chi connectivity index (χ3n) is 7.05. The summed E-state index contributed by atoms with van der Waals surface area (Å²) >= 11 is 6.12. The first kappa shape index (κ1) is 32.4. The van der Waals surface area contributed by atoms with Crippen LogP contribution in [-0.2, 0) is 32.6 Å². The fourth-order valence-corrected chi connectivity index (χ4v) is 6.30. The third-order valence-corrected chi connectivity index (χ3v) is 9.07. The Kier molecular flexibility index (Phi) is 10.9. The van der Waals surface area contributed by atoms with Gasteiger partial charge in [-0.25, -0.2) is 8.42 Å². The van der Waals surface area contributed by atoms with Gasteiger partial charge in [0.15, 0.2) is 11.5 Å². The van der Waals surface area contributed by atoms with E-state index >= 15 is 0 Å². The van der Waals surface area contributed by atoms with Crippen LogP contribution < -0.4 is 19.1 Å². The molecule has 0 aliphatic heterocycles. The molecule has 0 aromatic heterocycles. The summed E-state index contributed by atoms with van der Waals surface area (Å²) in [5, 5.41) is 3.07. The van der Waals surface area contributed by atoms with Crippen LogP contribution in [0.1, 0.15) is 11.1 Å². The number of carbonyl (C=O) groups excluding carboxylic acids is 2. The third kappa shape index (κ3) is 7.69. The number of amides is 2. The smallest absolute Gasteiger partial charge is 0.264 e. The van der Waals surface area contributed by atoms with Gasteiger partial charge in [-0.3, -0.25) is 13.9 Å². The quantitative estimate of drug-likeness (QED) is 0.223. The van der Waals surface area contributed by atoms with Crippen LogP contribution in [0.15, 0.2) is 108 Å². The van der Waals surface area contributed by atoms with Gasteiger partial charge in [-0.15, -0.1) is 0 Å². The Morgan fingerprint density at radius 1 is 0.818 bits per heavy atom. The summed E-state index contributed by atoms with van der Waals surface area (Å²) in [6.45, 7) is -0.511. The molecule has 0 fully saturated rings. The summed E-state index contributed by atoms with van der Waals surface area (Å²) in [5.41, 5.74) is 1.85. The van der Waals surface area contributed by atoms with E-state index in [0.29, 0.717) is 10.8 Å². The fraction of sp³-hybridized carbons (Fsp3) is 0.212. The van der Waals surface area contributed by atoms with Crippen LogP contribution in [0.25, 0.3) is 0 Å². The van der Waals surface area contributed by atoms with Crippen LogP contribution in [-0.4, -0.2) is 59.0 Å². The lowest BCUT2D eigenvalue weighted by molar-refractivity contribution is -0.139. The molecule has 0 aliphatic rings. The Morgan fingerprint density at radius 2 is 1.41 bits per heavy atom. The van der Waals surface area contributed by atoms with Crippen LogP contribution in [0.2, 0.25) is 5.02 Å². The van der Waals surface area contributed by atoms with E-state index in [1.165, 1.54) is 56.5 Å². The maximum atomic E-state index is 14.3. The normalized spacial score (nSPS) is 11.7. The standard InChI is InChI=1S/C33H34ClN3O6S/c1-35-33(39)29(20-24-10-6-4-7-11-24)36(22-25-12-8-5-9-13-25)32(38)23-37(27-16-14-26(34)15-17-27)44(40,41)28-18-19-30(42-2)31(21-28)43-3/h4-19,21,29H,20,22-23H2,1-3H3,(H,35,39)/t29-/m1/s1. The molecule has 2 amide bonds. The molecule has 44 heavy (non-hydrogen) atoms. The molecule has 4 rings (SSSR count). The van der Waals surface area contributed by atoms with Gasteiger partial charge in [-0.2, -0.15) is 0 Å². The zero-order valence-corrected chi connectivity index (χ0v) is 26.2. The molecular formula is C33H34ClN3O6S. The molecular weight excluding hydrogens is 602 g/mol. The van der Waals surface area contributed by atoms with Crippen molar-refractivity contribution in [1.29, 1.82) is 0 Å². The van der Waals surface area contributed by atoms with Crippen molar-refractivity contribution in [2.75, 3.05) is 32.1 Å². The molecule has 1 atom stereocenters. The number of hydrogen-bond donors (Lipinski definition) is 1. The van der Waals surface area contributed by atoms with Crippen molar-refractivity contribution in [1.82, 2.24) is 10.2 Å². The maximum Gasteiger partial charge on any atom is 0.264 e. The van der Waals surface area contributed by atoms with Gasteiger partial charge in [0, 0.05) is 31.1 Å². The minimum absolute atomic E-state index is 0.0788. The number of anilines is 1. The number of benzene rings is 4. The molecule has 0 radical (unpaired) electrons. The van der Waals surface area contributed by atoms with Gasteiger partial charge in [0.25, 0.3) is 10.0 Å². The van der Waals surface area contributed by atoms with E-state index in [9.17, 15) is 18.0 Å². The van der Waals surface area contributed by atoms with Crippen molar-refractivity contribution in [3.05, 3.63) is 119 Å². The number of methoxy groups -OCH3 is 2. The molecule has 230 valence electrons. The van der Waals surface area contributed by atoms with Gasteiger partial charge >= 0.3 is 0 Å². The minimum atomic E-state index is -4.33. The maximum absolute atomic E-state index is 14.3. The molecule has 0 aliphatic carbocycles. The van der Waals surface area contributed by atoms with Crippen LogP contribution in [0.5, 0.6) is 11.5 Å². The molecule has 0 bridgehead atoms. The van der Waals surface area contributed by atoms with Crippen LogP contribution in [0.3, 0.4) is 0 Å². The number of sulfonamides is 1. The lowest BCUT2D eigenvalue weighted by Gasteiger charge is -2.33. The molecule has 9 nitrogen and oxygen atoms in total. The molecule has 0 spiro atoms. The van der Waals surface area contributed by atoms with Gasteiger partial charge in [0.2, 0.25) is 11.8 Å². The zero-order chi connectivity index (χ0) is 31.7. The van der Waals surface area contributed by atoms with Gasteiger partial charge in [-0.1, -0.05) is 72.3 Å². The van der Waals surface area contributed by atoms with Crippen molar-refractivity contribution in [3.8, 4) is 11.5 Å². The van der Waals surface area contributed by atoms with Crippen LogP contribution >= 0.6 is 11.6 Å². The van der Waals surface area contributed by atoms with E-state index in [1.54, 1.807) is 12.1 Å². The van der Waals surface area contributed by atoms with Gasteiger partial charge in [0.05, 0.1) is 24.8 Å². The SMILES string of the molecule is CNC(=O)[C@@H](Cc1ccccc1)N(Cc1ccccc1)C(=O)CN(c1ccc(Cl)cc1)S(=O)(=O)c1ccc(OC)c(OC)c1. The van der Waals surface area contributed by atoms with Crippen molar-refractivity contribution in [2.24, 2.45) is 0 Å². The predicted molar refractivity (Wildman–Crippen MR) is 171 cm³/mol. The predicted octanol–water partition coefficient (Wildman–Crippen LogP) is 4.94. The summed E-state index contributed by atoms with van der Waals surface area (Å²) < 4.78 is 40.0. The lowest BCUT2D eigenvalue weighted by atomic mass is 10.0. The fourth-order valence-electron chi connectivity index (χ4n) is 4.74. The summed E-state index contributed by atoms with van der Waals surface area (Å²) in [5.74, 6) is -0.385. The number of hydrogen-bond acceptors (Lipinski definition) is 6. The van der Waals surface area contributed by atoms with Crippen molar-refractivity contribution in [2.45, 2.75) is 23.9 Å². The van der Waals surface area contributed by atoms with E-state index in [-0.39, 0.29) is 35.2 Å². The Hall–Kier alpha value is -4.54. The van der Waals surface area contributed by atoms with E-state index in [2.05, 4.69) is 5.32 Å². The molecule has 0 heterocycles. The summed E-state index contributed by atoms with van der Waals surface area (Å²) in [7, 11) is 0.0306. The number of halogens is 1. The second-order valence-corrected chi connectivity index (χ2v) is 12.1. The van der Waals surface area contributed by atoms with E-state index in [4.69, 9.17) is 21.1 Å². The Bertz CT molecular complexity index is 1670.